The lowest BCUT2D eigenvalue weighted by atomic mass is 9.83. The number of ether oxygens (including phenoxy) is 3. The van der Waals surface area contributed by atoms with Gasteiger partial charge in [0.2, 0.25) is 0 Å². The van der Waals surface area contributed by atoms with E-state index < -0.39 is 17.9 Å². The first-order chi connectivity index (χ1) is 13.3. The molecule has 0 fully saturated rings. The maximum atomic E-state index is 12.7. The van der Waals surface area contributed by atoms with Crippen molar-refractivity contribution in [2.24, 2.45) is 0 Å². The molecule has 0 saturated heterocycles. The number of phenols is 1. The summed E-state index contributed by atoms with van der Waals surface area (Å²) >= 11 is 0. The van der Waals surface area contributed by atoms with Gasteiger partial charge in [-0.15, -0.1) is 0 Å². The SMILES string of the molecule is CCOC(=O)C1=CN(C(C)C)C=C(C(=O)OCC)C1c1ccc(O)c(OC)c1. The van der Waals surface area contributed by atoms with E-state index in [4.69, 9.17) is 14.2 Å². The molecule has 28 heavy (non-hydrogen) atoms. The maximum Gasteiger partial charge on any atom is 0.336 e. The first kappa shape index (κ1) is 21.3. The van der Waals surface area contributed by atoms with E-state index in [0.29, 0.717) is 16.7 Å². The number of hydrogen-bond acceptors (Lipinski definition) is 7. The number of phenolic OH excluding ortho intramolecular Hbond substituents is 1. The van der Waals surface area contributed by atoms with Crippen LogP contribution < -0.4 is 4.74 Å². The molecule has 0 unspecified atom stereocenters. The quantitative estimate of drug-likeness (QED) is 0.717. The van der Waals surface area contributed by atoms with Gasteiger partial charge in [-0.25, -0.2) is 9.59 Å². The number of hydrogen-bond donors (Lipinski definition) is 1. The highest BCUT2D eigenvalue weighted by molar-refractivity contribution is 5.98. The monoisotopic (exact) mass is 389 g/mol. The molecule has 1 aromatic carbocycles. The predicted octanol–water partition coefficient (Wildman–Crippen LogP) is 3.10. The normalized spacial score (nSPS) is 14.4. The average molecular weight is 389 g/mol. The van der Waals surface area contributed by atoms with Crippen LogP contribution in [0.1, 0.15) is 39.2 Å². The largest absolute Gasteiger partial charge is 0.504 e. The molecule has 0 saturated carbocycles. The van der Waals surface area contributed by atoms with E-state index in [9.17, 15) is 14.7 Å². The third kappa shape index (κ3) is 4.47. The van der Waals surface area contributed by atoms with E-state index in [2.05, 4.69) is 0 Å². The fourth-order valence-corrected chi connectivity index (χ4v) is 2.98. The van der Waals surface area contributed by atoms with Crippen molar-refractivity contribution < 1.29 is 28.9 Å². The predicted molar refractivity (Wildman–Crippen MR) is 104 cm³/mol. The zero-order valence-electron chi connectivity index (χ0n) is 16.9. The Labute approximate surface area is 165 Å². The molecule has 0 bridgehead atoms. The summed E-state index contributed by atoms with van der Waals surface area (Å²) in [5, 5.41) is 9.92. The van der Waals surface area contributed by atoms with Crippen LogP contribution in [0.5, 0.6) is 11.5 Å². The highest BCUT2D eigenvalue weighted by atomic mass is 16.5. The fourth-order valence-electron chi connectivity index (χ4n) is 2.98. The summed E-state index contributed by atoms with van der Waals surface area (Å²) in [6.45, 7) is 7.76. The Bertz CT molecular complexity index is 760. The van der Waals surface area contributed by atoms with Gasteiger partial charge in [0.05, 0.1) is 37.4 Å². The Hall–Kier alpha value is -2.96. The molecule has 0 spiro atoms. The van der Waals surface area contributed by atoms with Crippen molar-refractivity contribution in [1.29, 1.82) is 0 Å². The van der Waals surface area contributed by atoms with E-state index in [0.717, 1.165) is 0 Å². The molecule has 0 aliphatic carbocycles. The van der Waals surface area contributed by atoms with E-state index in [1.165, 1.54) is 13.2 Å². The molecule has 1 heterocycles. The van der Waals surface area contributed by atoms with Gasteiger partial charge in [0.25, 0.3) is 0 Å². The van der Waals surface area contributed by atoms with Crippen molar-refractivity contribution in [3.05, 3.63) is 47.3 Å². The van der Waals surface area contributed by atoms with Crippen LogP contribution >= 0.6 is 0 Å². The van der Waals surface area contributed by atoms with Crippen LogP contribution in [0.15, 0.2) is 41.7 Å². The average Bonchev–Trinajstić information content (AvgIpc) is 2.67. The maximum absolute atomic E-state index is 12.7. The van der Waals surface area contributed by atoms with Crippen LogP contribution in [-0.2, 0) is 19.1 Å². The molecule has 1 aromatic rings. The zero-order chi connectivity index (χ0) is 20.8. The molecule has 7 heteroatoms. The minimum atomic E-state index is -0.706. The van der Waals surface area contributed by atoms with Crippen molar-refractivity contribution in [1.82, 2.24) is 4.90 Å². The summed E-state index contributed by atoms with van der Waals surface area (Å²) in [5.74, 6) is -1.52. The molecule has 1 aliphatic heterocycles. The van der Waals surface area contributed by atoms with Gasteiger partial charge in [0.15, 0.2) is 11.5 Å². The van der Waals surface area contributed by atoms with Crippen molar-refractivity contribution in [2.45, 2.75) is 39.7 Å². The van der Waals surface area contributed by atoms with E-state index >= 15 is 0 Å². The number of esters is 2. The summed E-state index contributed by atoms with van der Waals surface area (Å²) in [5.41, 5.74) is 1.24. The van der Waals surface area contributed by atoms with Crippen LogP contribution in [0.2, 0.25) is 0 Å². The zero-order valence-corrected chi connectivity index (χ0v) is 16.9. The number of aromatic hydroxyl groups is 1. The fraction of sp³-hybridized carbons (Fsp3) is 0.429. The Kier molecular flexibility index (Phi) is 7.09. The molecular weight excluding hydrogens is 362 g/mol. The Balaban J connectivity index is 2.64. The number of carbonyl (C=O) groups is 2. The Morgan fingerprint density at radius 2 is 1.61 bits per heavy atom. The molecule has 7 nitrogen and oxygen atoms in total. The highest BCUT2D eigenvalue weighted by Crippen LogP contribution is 2.40. The van der Waals surface area contributed by atoms with E-state index in [-0.39, 0.29) is 30.8 Å². The first-order valence-corrected chi connectivity index (χ1v) is 9.25. The molecule has 0 amide bonds. The summed E-state index contributed by atoms with van der Waals surface area (Å²) in [6.07, 6.45) is 3.38. The van der Waals surface area contributed by atoms with Crippen molar-refractivity contribution in [3.8, 4) is 11.5 Å². The van der Waals surface area contributed by atoms with E-state index in [1.807, 2.05) is 13.8 Å². The Morgan fingerprint density at radius 3 is 2.04 bits per heavy atom. The molecular formula is C21H27NO6. The van der Waals surface area contributed by atoms with Crippen LogP contribution in [0.4, 0.5) is 0 Å². The molecule has 0 atom stereocenters. The lowest BCUT2D eigenvalue weighted by molar-refractivity contribution is -0.139. The topological polar surface area (TPSA) is 85.3 Å². The second-order valence-corrected chi connectivity index (χ2v) is 6.52. The van der Waals surface area contributed by atoms with Gasteiger partial charge in [-0.3, -0.25) is 0 Å². The number of rotatable bonds is 7. The molecule has 0 aromatic heterocycles. The van der Waals surface area contributed by atoms with Crippen LogP contribution in [0.25, 0.3) is 0 Å². The smallest absolute Gasteiger partial charge is 0.336 e. The number of methoxy groups -OCH3 is 1. The first-order valence-electron chi connectivity index (χ1n) is 9.25. The second-order valence-electron chi connectivity index (χ2n) is 6.52. The standard InChI is InChI=1S/C21H27NO6/c1-6-27-20(24)15-11-22(13(3)4)12-16(21(25)28-7-2)19(15)14-8-9-17(23)18(10-14)26-5/h8-13,19,23H,6-7H2,1-5H3. The Morgan fingerprint density at radius 1 is 1.07 bits per heavy atom. The number of carbonyl (C=O) groups excluding carboxylic acids is 2. The third-order valence-corrected chi connectivity index (χ3v) is 4.35. The molecule has 1 aliphatic rings. The molecule has 0 radical (unpaired) electrons. The second kappa shape index (κ2) is 9.30. The third-order valence-electron chi connectivity index (χ3n) is 4.35. The van der Waals surface area contributed by atoms with Gasteiger partial charge in [0, 0.05) is 18.4 Å². The van der Waals surface area contributed by atoms with E-state index in [1.54, 1.807) is 43.3 Å². The number of nitrogens with zero attached hydrogens (tertiary/aromatic N) is 1. The molecule has 1 N–H and O–H groups in total. The summed E-state index contributed by atoms with van der Waals surface area (Å²) in [7, 11) is 1.43. The van der Waals surface area contributed by atoms with Gasteiger partial charge in [-0.1, -0.05) is 6.07 Å². The van der Waals surface area contributed by atoms with Gasteiger partial charge in [0.1, 0.15) is 0 Å². The van der Waals surface area contributed by atoms with Gasteiger partial charge in [-0.2, -0.15) is 0 Å². The van der Waals surface area contributed by atoms with Crippen molar-refractivity contribution in [3.63, 3.8) is 0 Å². The van der Waals surface area contributed by atoms with Crippen molar-refractivity contribution >= 4 is 11.9 Å². The summed E-state index contributed by atoms with van der Waals surface area (Å²) < 4.78 is 15.7. The van der Waals surface area contributed by atoms with Gasteiger partial charge < -0.3 is 24.2 Å². The van der Waals surface area contributed by atoms with Gasteiger partial charge >= 0.3 is 11.9 Å². The molecule has 2 rings (SSSR count). The van der Waals surface area contributed by atoms with Crippen LogP contribution in [0.3, 0.4) is 0 Å². The number of benzene rings is 1. The minimum absolute atomic E-state index is 0.0177. The van der Waals surface area contributed by atoms with Crippen molar-refractivity contribution in [2.75, 3.05) is 20.3 Å². The lowest BCUT2D eigenvalue weighted by Crippen LogP contribution is -2.32. The van der Waals surface area contributed by atoms with Gasteiger partial charge in [-0.05, 0) is 45.4 Å². The summed E-state index contributed by atoms with van der Waals surface area (Å²) in [6, 6.07) is 4.73. The summed E-state index contributed by atoms with van der Waals surface area (Å²) in [4.78, 5) is 27.2. The highest BCUT2D eigenvalue weighted by Gasteiger charge is 2.36. The lowest BCUT2D eigenvalue weighted by Gasteiger charge is -2.32. The van der Waals surface area contributed by atoms with Crippen LogP contribution in [-0.4, -0.2) is 48.3 Å². The molecule has 152 valence electrons. The van der Waals surface area contributed by atoms with Crippen LogP contribution in [0, 0.1) is 0 Å². The minimum Gasteiger partial charge on any atom is -0.504 e.